The number of amides is 2. The zero-order chi connectivity index (χ0) is 17.4. The van der Waals surface area contributed by atoms with Gasteiger partial charge in [0.05, 0.1) is 0 Å². The van der Waals surface area contributed by atoms with Crippen molar-refractivity contribution in [2.45, 2.75) is 19.5 Å². The first-order valence-corrected chi connectivity index (χ1v) is 7.89. The lowest BCUT2D eigenvalue weighted by Gasteiger charge is -2.21. The molecule has 0 fully saturated rings. The Bertz CT molecular complexity index is 696. The van der Waals surface area contributed by atoms with Crippen LogP contribution in [-0.2, 0) is 16.1 Å². The second-order valence-corrected chi connectivity index (χ2v) is 5.65. The molecule has 2 rings (SSSR count). The Morgan fingerprint density at radius 2 is 1.62 bits per heavy atom. The molecule has 0 unspecified atom stereocenters. The van der Waals surface area contributed by atoms with Gasteiger partial charge in [-0.1, -0.05) is 60.7 Å². The molecule has 0 aromatic heterocycles. The van der Waals surface area contributed by atoms with Crippen molar-refractivity contribution in [3.8, 4) is 0 Å². The molecule has 0 aliphatic heterocycles. The summed E-state index contributed by atoms with van der Waals surface area (Å²) in [6.07, 6.45) is 3.16. The molecule has 24 heavy (non-hydrogen) atoms. The van der Waals surface area contributed by atoms with Crippen molar-refractivity contribution in [3.63, 3.8) is 0 Å². The van der Waals surface area contributed by atoms with Crippen LogP contribution < -0.4 is 5.32 Å². The molecule has 2 aromatic carbocycles. The van der Waals surface area contributed by atoms with Crippen LogP contribution in [0.2, 0.25) is 0 Å². The van der Waals surface area contributed by atoms with E-state index in [2.05, 4.69) is 5.32 Å². The standard InChI is InChI=1S/C20H22N2O2/c1-16(20(24)22(2)15-18-11-7-4-8-12-18)21-19(23)14-13-17-9-5-3-6-10-17/h3-14,16H,15H2,1-2H3,(H,21,23)/b14-13+/t16-/m1/s1. The summed E-state index contributed by atoms with van der Waals surface area (Å²) in [5, 5.41) is 2.70. The number of carbonyl (C=O) groups is 2. The first-order chi connectivity index (χ1) is 11.6. The van der Waals surface area contributed by atoms with Crippen molar-refractivity contribution in [2.24, 2.45) is 0 Å². The maximum Gasteiger partial charge on any atom is 0.244 e. The van der Waals surface area contributed by atoms with Crippen LogP contribution in [0.15, 0.2) is 66.7 Å². The average molecular weight is 322 g/mol. The van der Waals surface area contributed by atoms with Crippen molar-refractivity contribution < 1.29 is 9.59 Å². The van der Waals surface area contributed by atoms with E-state index in [1.54, 1.807) is 24.9 Å². The quantitative estimate of drug-likeness (QED) is 0.832. The predicted octanol–water partition coefficient (Wildman–Crippen LogP) is 2.86. The molecule has 0 saturated carbocycles. The Morgan fingerprint density at radius 3 is 2.25 bits per heavy atom. The number of benzene rings is 2. The van der Waals surface area contributed by atoms with Crippen LogP contribution in [0.3, 0.4) is 0 Å². The molecule has 0 heterocycles. The minimum Gasteiger partial charge on any atom is -0.341 e. The number of nitrogens with one attached hydrogen (secondary N) is 1. The topological polar surface area (TPSA) is 49.4 Å². The molecule has 0 saturated heterocycles. The first kappa shape index (κ1) is 17.5. The third-order valence-corrected chi connectivity index (χ3v) is 3.59. The van der Waals surface area contributed by atoms with E-state index in [0.29, 0.717) is 6.54 Å². The molecular formula is C20H22N2O2. The zero-order valence-electron chi connectivity index (χ0n) is 14.0. The molecule has 2 amide bonds. The molecule has 0 spiro atoms. The van der Waals surface area contributed by atoms with Crippen LogP contribution in [-0.4, -0.2) is 29.8 Å². The molecule has 0 aliphatic carbocycles. The lowest BCUT2D eigenvalue weighted by molar-refractivity contribution is -0.134. The molecular weight excluding hydrogens is 300 g/mol. The number of carbonyl (C=O) groups excluding carboxylic acids is 2. The summed E-state index contributed by atoms with van der Waals surface area (Å²) in [5.41, 5.74) is 1.99. The lowest BCUT2D eigenvalue weighted by Crippen LogP contribution is -2.44. The minimum absolute atomic E-state index is 0.125. The summed E-state index contributed by atoms with van der Waals surface area (Å²) in [6, 6.07) is 18.7. The zero-order valence-corrected chi connectivity index (χ0v) is 14.0. The van der Waals surface area contributed by atoms with Gasteiger partial charge in [-0.15, -0.1) is 0 Å². The SMILES string of the molecule is C[C@@H](NC(=O)/C=C/c1ccccc1)C(=O)N(C)Cc1ccccc1. The number of rotatable bonds is 6. The van der Waals surface area contributed by atoms with E-state index in [9.17, 15) is 9.59 Å². The van der Waals surface area contributed by atoms with Gasteiger partial charge in [0.1, 0.15) is 6.04 Å². The fraction of sp³-hybridized carbons (Fsp3) is 0.200. The van der Waals surface area contributed by atoms with Crippen LogP contribution in [0, 0.1) is 0 Å². The third-order valence-electron chi connectivity index (χ3n) is 3.59. The molecule has 4 nitrogen and oxygen atoms in total. The Hall–Kier alpha value is -2.88. The van der Waals surface area contributed by atoms with E-state index >= 15 is 0 Å². The van der Waals surface area contributed by atoms with E-state index in [4.69, 9.17) is 0 Å². The van der Waals surface area contributed by atoms with Gasteiger partial charge in [0.25, 0.3) is 0 Å². The molecule has 0 radical (unpaired) electrons. The van der Waals surface area contributed by atoms with Crippen molar-refractivity contribution in [2.75, 3.05) is 7.05 Å². The highest BCUT2D eigenvalue weighted by molar-refractivity contribution is 5.95. The van der Waals surface area contributed by atoms with E-state index in [-0.39, 0.29) is 11.8 Å². The van der Waals surface area contributed by atoms with Crippen LogP contribution in [0.25, 0.3) is 6.08 Å². The second kappa shape index (κ2) is 8.67. The summed E-state index contributed by atoms with van der Waals surface area (Å²) < 4.78 is 0. The fourth-order valence-corrected chi connectivity index (χ4v) is 2.33. The Labute approximate surface area is 142 Å². The molecule has 4 heteroatoms. The van der Waals surface area contributed by atoms with Crippen LogP contribution in [0.4, 0.5) is 0 Å². The Kier molecular flexibility index (Phi) is 6.32. The van der Waals surface area contributed by atoms with E-state index in [1.807, 2.05) is 60.7 Å². The van der Waals surface area contributed by atoms with Gasteiger partial charge in [-0.3, -0.25) is 9.59 Å². The summed E-state index contributed by atoms with van der Waals surface area (Å²) in [7, 11) is 1.73. The van der Waals surface area contributed by atoms with Gasteiger partial charge in [0.15, 0.2) is 0 Å². The molecule has 1 N–H and O–H groups in total. The van der Waals surface area contributed by atoms with E-state index < -0.39 is 6.04 Å². The van der Waals surface area contributed by atoms with Crippen LogP contribution in [0.5, 0.6) is 0 Å². The highest BCUT2D eigenvalue weighted by atomic mass is 16.2. The minimum atomic E-state index is -0.577. The molecule has 0 aliphatic rings. The maximum absolute atomic E-state index is 12.3. The summed E-state index contributed by atoms with van der Waals surface area (Å²) >= 11 is 0. The second-order valence-electron chi connectivity index (χ2n) is 5.65. The third kappa shape index (κ3) is 5.39. The van der Waals surface area contributed by atoms with Crippen molar-refractivity contribution in [1.29, 1.82) is 0 Å². The number of nitrogens with zero attached hydrogens (tertiary/aromatic N) is 1. The Balaban J connectivity index is 1.86. The predicted molar refractivity (Wildman–Crippen MR) is 96.0 cm³/mol. The van der Waals surface area contributed by atoms with E-state index in [1.165, 1.54) is 6.08 Å². The highest BCUT2D eigenvalue weighted by Gasteiger charge is 2.18. The van der Waals surface area contributed by atoms with Crippen LogP contribution >= 0.6 is 0 Å². The summed E-state index contributed by atoms with van der Waals surface area (Å²) in [4.78, 5) is 25.9. The van der Waals surface area contributed by atoms with Crippen molar-refractivity contribution in [1.82, 2.24) is 10.2 Å². The molecule has 0 bridgehead atoms. The number of hydrogen-bond donors (Lipinski definition) is 1. The van der Waals surface area contributed by atoms with Crippen molar-refractivity contribution in [3.05, 3.63) is 77.9 Å². The molecule has 2 aromatic rings. The maximum atomic E-state index is 12.3. The summed E-state index contributed by atoms with van der Waals surface area (Å²) in [6.45, 7) is 2.21. The van der Waals surface area contributed by atoms with Gasteiger partial charge in [-0.05, 0) is 24.1 Å². The first-order valence-electron chi connectivity index (χ1n) is 7.89. The largest absolute Gasteiger partial charge is 0.341 e. The van der Waals surface area contributed by atoms with Gasteiger partial charge in [0.2, 0.25) is 11.8 Å². The van der Waals surface area contributed by atoms with E-state index in [0.717, 1.165) is 11.1 Å². The monoisotopic (exact) mass is 322 g/mol. The fourth-order valence-electron chi connectivity index (χ4n) is 2.33. The smallest absolute Gasteiger partial charge is 0.244 e. The van der Waals surface area contributed by atoms with Gasteiger partial charge in [-0.2, -0.15) is 0 Å². The van der Waals surface area contributed by atoms with Gasteiger partial charge >= 0.3 is 0 Å². The Morgan fingerprint density at radius 1 is 1.04 bits per heavy atom. The molecule has 1 atom stereocenters. The average Bonchev–Trinajstić information content (AvgIpc) is 2.61. The highest BCUT2D eigenvalue weighted by Crippen LogP contribution is 2.05. The van der Waals surface area contributed by atoms with Gasteiger partial charge < -0.3 is 10.2 Å². The summed E-state index contributed by atoms with van der Waals surface area (Å²) in [5.74, 6) is -0.409. The van der Waals surface area contributed by atoms with Crippen LogP contribution in [0.1, 0.15) is 18.1 Å². The normalized spacial score (nSPS) is 11.9. The number of hydrogen-bond acceptors (Lipinski definition) is 2. The van der Waals surface area contributed by atoms with Crippen molar-refractivity contribution >= 4 is 17.9 Å². The van der Waals surface area contributed by atoms with Gasteiger partial charge in [-0.25, -0.2) is 0 Å². The number of likely N-dealkylation sites (N-methyl/N-ethyl adjacent to an activating group) is 1. The molecule has 124 valence electrons. The lowest BCUT2D eigenvalue weighted by atomic mass is 10.2. The van der Waals surface area contributed by atoms with Gasteiger partial charge in [0, 0.05) is 19.7 Å².